The van der Waals surface area contributed by atoms with Crippen LogP contribution in [0.3, 0.4) is 0 Å². The molecule has 2 aromatic heterocycles. The third-order valence-corrected chi connectivity index (χ3v) is 9.34. The second-order valence-electron chi connectivity index (χ2n) is 12.6. The van der Waals surface area contributed by atoms with Gasteiger partial charge < -0.3 is 29.9 Å². The molecule has 9 heteroatoms. The van der Waals surface area contributed by atoms with Gasteiger partial charge in [-0.25, -0.2) is 9.97 Å². The van der Waals surface area contributed by atoms with Crippen molar-refractivity contribution in [2.45, 2.75) is 75.8 Å². The van der Waals surface area contributed by atoms with Crippen LogP contribution in [0.15, 0.2) is 48.7 Å². The molecule has 0 amide bonds. The Balaban J connectivity index is 1.22. The van der Waals surface area contributed by atoms with Gasteiger partial charge in [0.05, 0.1) is 42.7 Å². The Kier molecular flexibility index (Phi) is 6.03. The van der Waals surface area contributed by atoms with Gasteiger partial charge in [0.15, 0.2) is 0 Å². The summed E-state index contributed by atoms with van der Waals surface area (Å²) in [7, 11) is 1.96. The SMILES string of the molecule is CN[C@@H](C)c1cccc(N2c3nc(Nc4ccc(N5C[C@@H]6C[C@H]5CO6)cc4)ncc3[C@@]3(C)COC(C)(C)C[C@@H]23)n1. The predicted molar refractivity (Wildman–Crippen MR) is 157 cm³/mol. The fourth-order valence-corrected chi connectivity index (χ4v) is 6.80. The highest BCUT2D eigenvalue weighted by Gasteiger charge is 2.55. The minimum Gasteiger partial charge on any atom is -0.374 e. The van der Waals surface area contributed by atoms with Gasteiger partial charge in [0, 0.05) is 41.1 Å². The van der Waals surface area contributed by atoms with Crippen molar-refractivity contribution in [1.82, 2.24) is 20.3 Å². The van der Waals surface area contributed by atoms with Crippen LogP contribution < -0.4 is 20.4 Å². The molecule has 9 nitrogen and oxygen atoms in total. The van der Waals surface area contributed by atoms with E-state index in [0.29, 0.717) is 24.7 Å². The molecular weight excluding hydrogens is 502 g/mol. The van der Waals surface area contributed by atoms with E-state index in [-0.39, 0.29) is 23.1 Å². The van der Waals surface area contributed by atoms with Crippen LogP contribution >= 0.6 is 0 Å². The Morgan fingerprint density at radius 1 is 1.07 bits per heavy atom. The van der Waals surface area contributed by atoms with E-state index < -0.39 is 0 Å². The summed E-state index contributed by atoms with van der Waals surface area (Å²) in [6.45, 7) is 11.2. The molecule has 2 bridgehead atoms. The van der Waals surface area contributed by atoms with Crippen LogP contribution in [-0.4, -0.2) is 65.5 Å². The topological polar surface area (TPSA) is 87.7 Å². The highest BCUT2D eigenvalue weighted by atomic mass is 16.5. The van der Waals surface area contributed by atoms with Gasteiger partial charge in [-0.3, -0.25) is 0 Å². The number of morpholine rings is 1. The van der Waals surface area contributed by atoms with Crippen LogP contribution in [0.2, 0.25) is 0 Å². The Morgan fingerprint density at radius 2 is 1.90 bits per heavy atom. The maximum atomic E-state index is 6.36. The molecule has 3 saturated heterocycles. The Labute approximate surface area is 236 Å². The Bertz CT molecular complexity index is 1410. The first-order valence-electron chi connectivity index (χ1n) is 14.4. The lowest BCUT2D eigenvalue weighted by Gasteiger charge is -2.46. The number of anilines is 5. The zero-order valence-electron chi connectivity index (χ0n) is 24.0. The summed E-state index contributed by atoms with van der Waals surface area (Å²) in [5, 5.41) is 6.77. The summed E-state index contributed by atoms with van der Waals surface area (Å²) >= 11 is 0. The summed E-state index contributed by atoms with van der Waals surface area (Å²) in [4.78, 5) is 19.8. The van der Waals surface area contributed by atoms with Crippen LogP contribution in [0.5, 0.6) is 0 Å². The van der Waals surface area contributed by atoms with Crippen molar-refractivity contribution in [2.75, 3.05) is 41.9 Å². The smallest absolute Gasteiger partial charge is 0.229 e. The first-order valence-corrected chi connectivity index (χ1v) is 14.4. The summed E-state index contributed by atoms with van der Waals surface area (Å²) in [6, 6.07) is 15.6. The van der Waals surface area contributed by atoms with E-state index in [2.05, 4.69) is 90.6 Å². The van der Waals surface area contributed by atoms with E-state index in [0.717, 1.165) is 54.6 Å². The average molecular weight is 542 g/mol. The standard InChI is InChI=1S/C31H39N7O2/c1-19(32-5)25-7-6-8-27(35-25)38-26-14-30(2,3)40-18-31(26,4)24-15-33-29(36-28(24)38)34-20-9-11-21(12-10-20)37-16-23-13-22(37)17-39-23/h6-12,15,19,22-23,26,32H,13-14,16-18H2,1-5H3,(H,33,34,36)/t19-,22-,23-,26+,31+/m0/s1. The fourth-order valence-electron chi connectivity index (χ4n) is 6.80. The minimum atomic E-state index is -0.240. The molecule has 0 radical (unpaired) electrons. The lowest BCUT2D eigenvalue weighted by atomic mass is 9.73. The molecule has 0 spiro atoms. The molecule has 6 heterocycles. The molecule has 40 heavy (non-hydrogen) atoms. The molecule has 0 aliphatic carbocycles. The number of hydrogen-bond donors (Lipinski definition) is 2. The van der Waals surface area contributed by atoms with Crippen LogP contribution in [0, 0.1) is 0 Å². The maximum Gasteiger partial charge on any atom is 0.229 e. The summed E-state index contributed by atoms with van der Waals surface area (Å²) in [5.74, 6) is 2.38. The predicted octanol–water partition coefficient (Wildman–Crippen LogP) is 4.85. The summed E-state index contributed by atoms with van der Waals surface area (Å²) in [5.41, 5.74) is 3.84. The van der Waals surface area contributed by atoms with Crippen LogP contribution in [-0.2, 0) is 14.9 Å². The third kappa shape index (κ3) is 4.22. The van der Waals surface area contributed by atoms with Gasteiger partial charge in [0.25, 0.3) is 0 Å². The van der Waals surface area contributed by atoms with E-state index in [4.69, 9.17) is 24.4 Å². The number of fused-ring (bicyclic) bond motifs is 5. The number of hydrogen-bond acceptors (Lipinski definition) is 9. The number of aromatic nitrogens is 3. The molecule has 7 rings (SSSR count). The molecule has 0 saturated carbocycles. The van der Waals surface area contributed by atoms with Crippen LogP contribution in [0.25, 0.3) is 0 Å². The summed E-state index contributed by atoms with van der Waals surface area (Å²) in [6.07, 6.45) is 4.35. The largest absolute Gasteiger partial charge is 0.374 e. The highest BCUT2D eigenvalue weighted by molar-refractivity contribution is 5.71. The van der Waals surface area contributed by atoms with Gasteiger partial charge in [-0.1, -0.05) is 13.0 Å². The van der Waals surface area contributed by atoms with Gasteiger partial charge in [0.1, 0.15) is 11.6 Å². The van der Waals surface area contributed by atoms with Crippen LogP contribution in [0.1, 0.15) is 57.8 Å². The van der Waals surface area contributed by atoms with Gasteiger partial charge in [-0.15, -0.1) is 0 Å². The fraction of sp³-hybridized carbons (Fsp3) is 0.516. The average Bonchev–Trinajstić information content (AvgIpc) is 3.65. The lowest BCUT2D eigenvalue weighted by molar-refractivity contribution is -0.0893. The minimum absolute atomic E-state index is 0.147. The quantitative estimate of drug-likeness (QED) is 0.455. The van der Waals surface area contributed by atoms with E-state index in [1.807, 2.05) is 13.2 Å². The number of nitrogens with zero attached hydrogens (tertiary/aromatic N) is 5. The normalized spacial score (nSPS) is 28.9. The molecular formula is C31H39N7O2. The number of rotatable bonds is 6. The van der Waals surface area contributed by atoms with Gasteiger partial charge in [-0.2, -0.15) is 4.98 Å². The van der Waals surface area contributed by atoms with E-state index in [1.54, 1.807) is 0 Å². The second kappa shape index (κ2) is 9.39. The van der Waals surface area contributed by atoms with Crippen molar-refractivity contribution in [3.63, 3.8) is 0 Å². The van der Waals surface area contributed by atoms with Crippen molar-refractivity contribution in [1.29, 1.82) is 0 Å². The molecule has 3 aromatic rings. The summed E-state index contributed by atoms with van der Waals surface area (Å²) < 4.78 is 12.1. The maximum absolute atomic E-state index is 6.36. The van der Waals surface area contributed by atoms with Crippen molar-refractivity contribution in [3.05, 3.63) is 59.9 Å². The number of pyridine rings is 1. The van der Waals surface area contributed by atoms with E-state index >= 15 is 0 Å². The number of benzene rings is 1. The molecule has 4 aliphatic heterocycles. The van der Waals surface area contributed by atoms with Gasteiger partial charge in [0.2, 0.25) is 5.95 Å². The monoisotopic (exact) mass is 541 g/mol. The zero-order valence-corrected chi connectivity index (χ0v) is 24.0. The number of nitrogens with one attached hydrogen (secondary N) is 2. The first kappa shape index (κ1) is 25.7. The molecule has 210 valence electrons. The highest BCUT2D eigenvalue weighted by Crippen LogP contribution is 2.53. The van der Waals surface area contributed by atoms with Crippen molar-refractivity contribution in [3.8, 4) is 0 Å². The van der Waals surface area contributed by atoms with Crippen molar-refractivity contribution in [2.24, 2.45) is 0 Å². The molecule has 5 atom stereocenters. The van der Waals surface area contributed by atoms with Crippen molar-refractivity contribution < 1.29 is 9.47 Å². The molecule has 1 aromatic carbocycles. The Morgan fingerprint density at radius 3 is 2.62 bits per heavy atom. The van der Waals surface area contributed by atoms with Gasteiger partial charge in [-0.05, 0) is 77.1 Å². The number of ether oxygens (including phenoxy) is 2. The van der Waals surface area contributed by atoms with E-state index in [9.17, 15) is 0 Å². The Hall–Kier alpha value is -3.27. The van der Waals surface area contributed by atoms with Crippen molar-refractivity contribution >= 4 is 29.0 Å². The molecule has 4 aliphatic rings. The second-order valence-corrected chi connectivity index (χ2v) is 12.6. The molecule has 0 unspecified atom stereocenters. The zero-order chi connectivity index (χ0) is 27.6. The molecule has 2 N–H and O–H groups in total. The van der Waals surface area contributed by atoms with Crippen LogP contribution in [0.4, 0.5) is 29.0 Å². The molecule has 3 fully saturated rings. The van der Waals surface area contributed by atoms with Gasteiger partial charge >= 0.3 is 0 Å². The lowest BCUT2D eigenvalue weighted by Crippen LogP contribution is -2.54. The third-order valence-electron chi connectivity index (χ3n) is 9.34. The first-order chi connectivity index (χ1) is 19.2. The van der Waals surface area contributed by atoms with E-state index in [1.165, 1.54) is 5.69 Å².